The van der Waals surface area contributed by atoms with E-state index in [1.165, 1.54) is 11.0 Å². The van der Waals surface area contributed by atoms with Gasteiger partial charge in [0, 0.05) is 12.6 Å². The van der Waals surface area contributed by atoms with Crippen LogP contribution in [-0.2, 0) is 9.53 Å². The molecule has 0 bridgehead atoms. The molecule has 1 heterocycles. The van der Waals surface area contributed by atoms with Crippen LogP contribution in [0.2, 0.25) is 0 Å². The number of carbonyl (C=O) groups is 2. The number of hydrogen-bond donors (Lipinski definition) is 1. The first-order chi connectivity index (χ1) is 11.6. The average molecular weight is 333 g/mol. The van der Waals surface area contributed by atoms with Gasteiger partial charge in [0.05, 0.1) is 19.8 Å². The van der Waals surface area contributed by atoms with Crippen molar-refractivity contribution >= 4 is 12.1 Å². The third-order valence-corrected chi connectivity index (χ3v) is 4.21. The molecule has 0 aliphatic carbocycles. The molecule has 1 aliphatic rings. The van der Waals surface area contributed by atoms with E-state index < -0.39 is 12.1 Å². The molecule has 130 valence electrons. The van der Waals surface area contributed by atoms with Crippen LogP contribution in [0.15, 0.2) is 36.4 Å². The zero-order chi connectivity index (χ0) is 17.5. The lowest BCUT2D eigenvalue weighted by Crippen LogP contribution is -2.44. The molecule has 2 unspecified atom stereocenters. The van der Waals surface area contributed by atoms with Crippen LogP contribution in [0.3, 0.4) is 0 Å². The van der Waals surface area contributed by atoms with E-state index in [1.807, 2.05) is 24.3 Å². The van der Waals surface area contributed by atoms with Gasteiger partial charge >= 0.3 is 12.1 Å². The minimum atomic E-state index is -0.980. The van der Waals surface area contributed by atoms with Crippen molar-refractivity contribution in [1.82, 2.24) is 4.90 Å². The molecule has 2 rings (SSSR count). The van der Waals surface area contributed by atoms with Gasteiger partial charge < -0.3 is 19.5 Å². The zero-order valence-corrected chi connectivity index (χ0v) is 14.0. The Morgan fingerprint density at radius 2 is 2.12 bits per heavy atom. The van der Waals surface area contributed by atoms with Crippen LogP contribution < -0.4 is 4.74 Å². The molecule has 24 heavy (non-hydrogen) atoms. The highest BCUT2D eigenvalue weighted by Crippen LogP contribution is 2.36. The van der Waals surface area contributed by atoms with Crippen molar-refractivity contribution < 1.29 is 24.2 Å². The number of nitrogens with zero attached hydrogens (tertiary/aromatic N) is 1. The number of para-hydroxylation sites is 1. The van der Waals surface area contributed by atoms with Crippen LogP contribution in [0, 0.1) is 0 Å². The number of amides is 1. The molecule has 0 saturated carbocycles. The van der Waals surface area contributed by atoms with Crippen LogP contribution in [0.1, 0.15) is 31.2 Å². The summed E-state index contributed by atoms with van der Waals surface area (Å²) in [5.41, 5.74) is 1.07. The number of hydrogen-bond acceptors (Lipinski definition) is 4. The van der Waals surface area contributed by atoms with E-state index in [4.69, 9.17) is 9.47 Å². The zero-order valence-electron chi connectivity index (χ0n) is 14.0. The second-order valence-electron chi connectivity index (χ2n) is 5.62. The van der Waals surface area contributed by atoms with Crippen LogP contribution in [0.4, 0.5) is 4.79 Å². The maximum absolute atomic E-state index is 11.5. The minimum absolute atomic E-state index is 0.175. The van der Waals surface area contributed by atoms with Gasteiger partial charge in [0.25, 0.3) is 0 Å². The molecular formula is C18H23NO5. The minimum Gasteiger partial charge on any atom is -0.496 e. The first kappa shape index (κ1) is 17.8. The molecule has 1 amide bonds. The highest BCUT2D eigenvalue weighted by molar-refractivity contribution is 5.82. The van der Waals surface area contributed by atoms with Gasteiger partial charge in [0.1, 0.15) is 5.75 Å². The summed E-state index contributed by atoms with van der Waals surface area (Å²) < 4.78 is 10.3. The van der Waals surface area contributed by atoms with Crippen molar-refractivity contribution in [2.75, 3.05) is 20.3 Å². The molecule has 1 aromatic rings. The van der Waals surface area contributed by atoms with Crippen LogP contribution >= 0.6 is 0 Å². The summed E-state index contributed by atoms with van der Waals surface area (Å²) in [7, 11) is 1.63. The van der Waals surface area contributed by atoms with Gasteiger partial charge in [-0.15, -0.1) is 0 Å². The summed E-state index contributed by atoms with van der Waals surface area (Å²) >= 11 is 0. The van der Waals surface area contributed by atoms with Crippen molar-refractivity contribution in [2.24, 2.45) is 0 Å². The van der Waals surface area contributed by atoms with E-state index in [0.717, 1.165) is 17.7 Å². The molecule has 6 heteroatoms. The van der Waals surface area contributed by atoms with E-state index in [2.05, 4.69) is 0 Å². The van der Waals surface area contributed by atoms with Gasteiger partial charge in [-0.25, -0.2) is 9.59 Å². The smallest absolute Gasteiger partial charge is 0.407 e. The van der Waals surface area contributed by atoms with Crippen molar-refractivity contribution in [3.63, 3.8) is 0 Å². The standard InChI is InChI=1S/C18H23NO5/c1-3-24-17(20)9-8-14-12-13(10-11-19(14)18(21)22)15-6-4-5-7-16(15)23-2/h4-9,13-14H,3,10-12H2,1-2H3,(H,21,22). The Morgan fingerprint density at radius 1 is 1.38 bits per heavy atom. The molecule has 0 aromatic heterocycles. The summed E-state index contributed by atoms with van der Waals surface area (Å²) in [6.07, 6.45) is 3.27. The van der Waals surface area contributed by atoms with Crippen LogP contribution in [0.25, 0.3) is 0 Å². The molecule has 1 saturated heterocycles. The lowest BCUT2D eigenvalue weighted by atomic mass is 9.84. The lowest BCUT2D eigenvalue weighted by molar-refractivity contribution is -0.137. The third-order valence-electron chi connectivity index (χ3n) is 4.21. The predicted octanol–water partition coefficient (Wildman–Crippen LogP) is 3.04. The van der Waals surface area contributed by atoms with Crippen molar-refractivity contribution in [2.45, 2.75) is 31.7 Å². The Morgan fingerprint density at radius 3 is 2.79 bits per heavy atom. The molecule has 1 aromatic carbocycles. The summed E-state index contributed by atoms with van der Waals surface area (Å²) in [5, 5.41) is 9.39. The lowest BCUT2D eigenvalue weighted by Gasteiger charge is -2.36. The fraction of sp³-hybridized carbons (Fsp3) is 0.444. The topological polar surface area (TPSA) is 76.1 Å². The van der Waals surface area contributed by atoms with Gasteiger partial charge in [-0.05, 0) is 37.3 Å². The number of esters is 1. The molecule has 1 fully saturated rings. The normalized spacial score (nSPS) is 20.8. The Hall–Kier alpha value is -2.50. The fourth-order valence-corrected chi connectivity index (χ4v) is 3.08. The summed E-state index contributed by atoms with van der Waals surface area (Å²) in [6.45, 7) is 2.43. The molecule has 1 N–H and O–H groups in total. The van der Waals surface area contributed by atoms with E-state index >= 15 is 0 Å². The van der Waals surface area contributed by atoms with Crippen LogP contribution in [0.5, 0.6) is 5.75 Å². The molecule has 6 nitrogen and oxygen atoms in total. The second kappa shape index (κ2) is 8.38. The molecule has 0 spiro atoms. The largest absolute Gasteiger partial charge is 0.496 e. The summed E-state index contributed by atoms with van der Waals surface area (Å²) in [4.78, 5) is 24.3. The highest BCUT2D eigenvalue weighted by Gasteiger charge is 2.32. The number of likely N-dealkylation sites (tertiary alicyclic amines) is 1. The Kier molecular flexibility index (Phi) is 6.23. The number of piperidine rings is 1. The molecule has 0 radical (unpaired) electrons. The number of rotatable bonds is 5. The predicted molar refractivity (Wildman–Crippen MR) is 89.3 cm³/mol. The monoisotopic (exact) mass is 333 g/mol. The second-order valence-corrected chi connectivity index (χ2v) is 5.62. The van der Waals surface area contributed by atoms with E-state index in [-0.39, 0.29) is 12.0 Å². The molecule has 1 aliphatic heterocycles. The summed E-state index contributed by atoms with van der Waals surface area (Å²) in [5.74, 6) is 0.523. The van der Waals surface area contributed by atoms with Gasteiger partial charge in [-0.3, -0.25) is 0 Å². The highest BCUT2D eigenvalue weighted by atomic mass is 16.5. The van der Waals surface area contributed by atoms with Crippen LogP contribution in [-0.4, -0.2) is 48.4 Å². The maximum Gasteiger partial charge on any atom is 0.407 e. The van der Waals surface area contributed by atoms with Gasteiger partial charge in [0.2, 0.25) is 0 Å². The fourth-order valence-electron chi connectivity index (χ4n) is 3.08. The summed E-state index contributed by atoms with van der Waals surface area (Å²) in [6, 6.07) is 7.40. The number of benzene rings is 1. The Balaban J connectivity index is 2.18. The van der Waals surface area contributed by atoms with Crippen molar-refractivity contribution in [1.29, 1.82) is 0 Å². The van der Waals surface area contributed by atoms with E-state index in [9.17, 15) is 14.7 Å². The molecular weight excluding hydrogens is 310 g/mol. The first-order valence-electron chi connectivity index (χ1n) is 8.04. The number of carbonyl (C=O) groups excluding carboxylic acids is 1. The number of carboxylic acid groups (broad SMARTS) is 1. The average Bonchev–Trinajstić information content (AvgIpc) is 2.59. The van der Waals surface area contributed by atoms with Crippen molar-refractivity contribution in [3.8, 4) is 5.75 Å². The third kappa shape index (κ3) is 4.28. The Labute approximate surface area is 141 Å². The van der Waals surface area contributed by atoms with E-state index in [0.29, 0.717) is 19.6 Å². The number of methoxy groups -OCH3 is 1. The quantitative estimate of drug-likeness (QED) is 0.662. The Bertz CT molecular complexity index is 613. The van der Waals surface area contributed by atoms with Gasteiger partial charge in [-0.1, -0.05) is 24.3 Å². The van der Waals surface area contributed by atoms with Gasteiger partial charge in [-0.2, -0.15) is 0 Å². The van der Waals surface area contributed by atoms with Gasteiger partial charge in [0.15, 0.2) is 0 Å². The maximum atomic E-state index is 11.5. The SMILES string of the molecule is CCOC(=O)C=CC1CC(c2ccccc2OC)CCN1C(=O)O. The van der Waals surface area contributed by atoms with Crippen molar-refractivity contribution in [3.05, 3.63) is 42.0 Å². The molecule has 2 atom stereocenters. The number of ether oxygens (including phenoxy) is 2. The first-order valence-corrected chi connectivity index (χ1v) is 8.04. The van der Waals surface area contributed by atoms with E-state index in [1.54, 1.807) is 20.1 Å².